The molecule has 7 nitrogen and oxygen atoms in total. The van der Waals surface area contributed by atoms with Crippen molar-refractivity contribution in [3.8, 4) is 0 Å². The number of nitrogens with two attached hydrogens (primary N) is 1. The molecule has 0 atom stereocenters. The highest BCUT2D eigenvalue weighted by Crippen LogP contribution is 2.32. The minimum atomic E-state index is 0.166. The van der Waals surface area contributed by atoms with Crippen LogP contribution < -0.4 is 16.4 Å². The summed E-state index contributed by atoms with van der Waals surface area (Å²) in [6.45, 7) is 0. The lowest BCUT2D eigenvalue weighted by Gasteiger charge is -2.09. The molecule has 4 N–H and O–H groups in total. The smallest absolute Gasteiger partial charge is 0.223 e. The van der Waals surface area contributed by atoms with Crippen LogP contribution in [0.1, 0.15) is 0 Å². The van der Waals surface area contributed by atoms with Crippen molar-refractivity contribution in [2.24, 2.45) is 0 Å². The Balaban J connectivity index is 2.07. The first-order chi connectivity index (χ1) is 9.67. The average molecular weight is 308 g/mol. The molecule has 0 saturated carbocycles. The molecule has 2 heterocycles. The molecule has 0 fully saturated rings. The Morgan fingerprint density at radius 1 is 1.20 bits per heavy atom. The fourth-order valence-corrected chi connectivity index (χ4v) is 2.47. The lowest BCUT2D eigenvalue weighted by atomic mass is 10.2. The van der Waals surface area contributed by atoms with E-state index in [0.717, 1.165) is 17.2 Å². The van der Waals surface area contributed by atoms with Gasteiger partial charge in [0.2, 0.25) is 5.95 Å². The van der Waals surface area contributed by atoms with Gasteiger partial charge in [0.25, 0.3) is 0 Å². The summed E-state index contributed by atoms with van der Waals surface area (Å²) in [4.78, 5) is 8.15. The third kappa shape index (κ3) is 2.30. The van der Waals surface area contributed by atoms with Gasteiger partial charge >= 0.3 is 0 Å². The largest absolute Gasteiger partial charge is 0.373 e. The van der Waals surface area contributed by atoms with Crippen molar-refractivity contribution < 1.29 is 0 Å². The van der Waals surface area contributed by atoms with Crippen molar-refractivity contribution in [1.29, 1.82) is 0 Å². The molecule has 0 aliphatic rings. The van der Waals surface area contributed by atoms with Crippen molar-refractivity contribution >= 4 is 57.6 Å². The van der Waals surface area contributed by atoms with E-state index < -0.39 is 0 Å². The molecule has 3 rings (SSSR count). The van der Waals surface area contributed by atoms with E-state index in [4.69, 9.17) is 17.3 Å². The zero-order valence-electron chi connectivity index (χ0n) is 10.4. The summed E-state index contributed by atoms with van der Waals surface area (Å²) in [5, 5.41) is 6.56. The van der Waals surface area contributed by atoms with Crippen LogP contribution in [0.25, 0.3) is 11.0 Å². The van der Waals surface area contributed by atoms with Crippen LogP contribution in [-0.2, 0) is 0 Å². The third-order valence-corrected chi connectivity index (χ3v) is 3.49. The lowest BCUT2D eigenvalue weighted by molar-refractivity contribution is 1.18. The van der Waals surface area contributed by atoms with Gasteiger partial charge in [0.15, 0.2) is 0 Å². The molecule has 1 aromatic carbocycles. The Kier molecular flexibility index (Phi) is 3.25. The van der Waals surface area contributed by atoms with Gasteiger partial charge in [-0.25, -0.2) is 0 Å². The summed E-state index contributed by atoms with van der Waals surface area (Å²) >= 11 is 7.34. The molecule has 20 heavy (non-hydrogen) atoms. The van der Waals surface area contributed by atoms with E-state index >= 15 is 0 Å². The van der Waals surface area contributed by atoms with Gasteiger partial charge in [-0.1, -0.05) is 11.6 Å². The van der Waals surface area contributed by atoms with Crippen LogP contribution in [-0.4, -0.2) is 25.8 Å². The maximum absolute atomic E-state index is 6.21. The van der Waals surface area contributed by atoms with E-state index in [-0.39, 0.29) is 5.95 Å². The number of rotatable bonds is 3. The first-order valence-corrected chi connectivity index (χ1v) is 6.78. The average Bonchev–Trinajstić information content (AvgIpc) is 2.90. The molecule has 3 aromatic rings. The van der Waals surface area contributed by atoms with E-state index in [1.807, 2.05) is 6.07 Å². The summed E-state index contributed by atoms with van der Waals surface area (Å²) in [6, 6.07) is 5.31. The number of nitrogen functional groups attached to an aromatic ring is 1. The molecule has 0 aliphatic carbocycles. The number of anilines is 4. The lowest BCUT2D eigenvalue weighted by Crippen LogP contribution is -2.03. The fraction of sp³-hybridized carbons (Fsp3) is 0.0909. The van der Waals surface area contributed by atoms with Gasteiger partial charge in [-0.15, -0.1) is 0 Å². The van der Waals surface area contributed by atoms with Gasteiger partial charge in [0.05, 0.1) is 22.4 Å². The Hall–Kier alpha value is -2.19. The third-order valence-electron chi connectivity index (χ3n) is 2.63. The number of halogens is 1. The van der Waals surface area contributed by atoms with Crippen LogP contribution in [0.15, 0.2) is 18.2 Å². The molecule has 0 unspecified atom stereocenters. The van der Waals surface area contributed by atoms with Gasteiger partial charge in [0.1, 0.15) is 22.7 Å². The normalized spacial score (nSPS) is 10.7. The van der Waals surface area contributed by atoms with Crippen LogP contribution in [0, 0.1) is 0 Å². The van der Waals surface area contributed by atoms with E-state index in [0.29, 0.717) is 27.9 Å². The van der Waals surface area contributed by atoms with Crippen molar-refractivity contribution in [1.82, 2.24) is 18.7 Å². The molecular formula is C11H10ClN7S. The van der Waals surface area contributed by atoms with E-state index in [9.17, 15) is 0 Å². The van der Waals surface area contributed by atoms with Gasteiger partial charge < -0.3 is 16.4 Å². The summed E-state index contributed by atoms with van der Waals surface area (Å²) in [6.07, 6.45) is 0. The monoisotopic (exact) mass is 307 g/mol. The summed E-state index contributed by atoms with van der Waals surface area (Å²) in [5.41, 5.74) is 7.78. The molecule has 9 heteroatoms. The van der Waals surface area contributed by atoms with Crippen molar-refractivity contribution in [3.05, 3.63) is 23.2 Å². The first kappa shape index (κ1) is 12.8. The molecular weight excluding hydrogens is 298 g/mol. The van der Waals surface area contributed by atoms with Crippen LogP contribution in [0.2, 0.25) is 5.02 Å². The molecule has 0 bridgehead atoms. The van der Waals surface area contributed by atoms with Gasteiger partial charge in [0, 0.05) is 13.1 Å². The molecule has 0 spiro atoms. The predicted octanol–water partition coefficient (Wildman–Crippen LogP) is 2.50. The van der Waals surface area contributed by atoms with Crippen molar-refractivity contribution in [2.45, 2.75) is 0 Å². The minimum absolute atomic E-state index is 0.166. The van der Waals surface area contributed by atoms with Crippen LogP contribution in [0.5, 0.6) is 0 Å². The second-order valence-corrected chi connectivity index (χ2v) is 4.86. The number of benzene rings is 1. The molecule has 0 saturated heterocycles. The second kappa shape index (κ2) is 5.06. The van der Waals surface area contributed by atoms with E-state index in [1.165, 1.54) is 0 Å². The highest BCUT2D eigenvalue weighted by molar-refractivity contribution is 7.00. The zero-order chi connectivity index (χ0) is 14.1. The van der Waals surface area contributed by atoms with Crippen molar-refractivity contribution in [2.75, 3.05) is 23.4 Å². The predicted molar refractivity (Wildman–Crippen MR) is 81.7 cm³/mol. The maximum Gasteiger partial charge on any atom is 0.223 e. The molecule has 102 valence electrons. The topological polar surface area (TPSA) is 102 Å². The van der Waals surface area contributed by atoms with E-state index in [1.54, 1.807) is 19.2 Å². The highest BCUT2D eigenvalue weighted by Gasteiger charge is 2.11. The summed E-state index contributed by atoms with van der Waals surface area (Å²) in [7, 11) is 1.75. The Morgan fingerprint density at radius 3 is 2.80 bits per heavy atom. The number of nitrogens with zero attached hydrogens (tertiary/aromatic N) is 4. The van der Waals surface area contributed by atoms with Gasteiger partial charge in [-0.05, 0) is 12.1 Å². The first-order valence-electron chi connectivity index (χ1n) is 5.67. The van der Waals surface area contributed by atoms with Crippen LogP contribution >= 0.6 is 23.3 Å². The van der Waals surface area contributed by atoms with Crippen LogP contribution in [0.4, 0.5) is 23.3 Å². The SMILES string of the molecule is CNc1cc(Nc2c(Cl)ccc3nsnc23)nc(N)n1. The Morgan fingerprint density at radius 2 is 2.00 bits per heavy atom. The minimum Gasteiger partial charge on any atom is -0.373 e. The van der Waals surface area contributed by atoms with Crippen LogP contribution in [0.3, 0.4) is 0 Å². The van der Waals surface area contributed by atoms with E-state index in [2.05, 4.69) is 29.3 Å². The summed E-state index contributed by atoms with van der Waals surface area (Å²) in [5.74, 6) is 1.31. The van der Waals surface area contributed by atoms with Gasteiger partial charge in [-0.2, -0.15) is 18.7 Å². The number of aromatic nitrogens is 4. The standard InChI is InChI=1S/C11H10ClN7S/c1-14-7-4-8(17-11(13)16-7)15-9-5(12)2-3-6-10(9)19-20-18-6/h2-4H,1H3,(H4,13,14,15,16,17). The number of fused-ring (bicyclic) bond motifs is 1. The van der Waals surface area contributed by atoms with Crippen molar-refractivity contribution in [3.63, 3.8) is 0 Å². The molecule has 2 aromatic heterocycles. The fourth-order valence-electron chi connectivity index (χ4n) is 1.73. The molecule has 0 amide bonds. The Labute approximate surface area is 123 Å². The quantitative estimate of drug-likeness (QED) is 0.683. The highest BCUT2D eigenvalue weighted by atomic mass is 35.5. The number of nitrogens with one attached hydrogen (secondary N) is 2. The molecule has 0 aliphatic heterocycles. The second-order valence-electron chi connectivity index (χ2n) is 3.93. The van der Waals surface area contributed by atoms with Gasteiger partial charge in [-0.3, -0.25) is 0 Å². The Bertz CT molecular complexity index is 773. The number of hydrogen-bond acceptors (Lipinski definition) is 8. The maximum atomic E-state index is 6.21. The zero-order valence-corrected chi connectivity index (χ0v) is 12.0. The molecule has 0 radical (unpaired) electrons. The summed E-state index contributed by atoms with van der Waals surface area (Å²) < 4.78 is 8.41. The number of hydrogen-bond donors (Lipinski definition) is 3.